The van der Waals surface area contributed by atoms with E-state index in [2.05, 4.69) is 24.3 Å². The number of anilines is 1. The molecule has 8 nitrogen and oxygen atoms in total. The van der Waals surface area contributed by atoms with Crippen molar-refractivity contribution < 1.29 is 4.79 Å². The number of fused-ring (bicyclic) bond motifs is 3. The molecule has 3 heterocycles. The highest BCUT2D eigenvalue weighted by atomic mass is 32.1. The van der Waals surface area contributed by atoms with Gasteiger partial charge >= 0.3 is 5.69 Å². The minimum Gasteiger partial charge on any atom is -0.324 e. The van der Waals surface area contributed by atoms with Gasteiger partial charge < -0.3 is 5.32 Å². The van der Waals surface area contributed by atoms with Gasteiger partial charge in [0.15, 0.2) is 0 Å². The molecule has 1 N–H and O–H groups in total. The van der Waals surface area contributed by atoms with Gasteiger partial charge in [-0.2, -0.15) is 0 Å². The smallest absolute Gasteiger partial charge is 0.324 e. The van der Waals surface area contributed by atoms with Crippen LogP contribution in [-0.4, -0.2) is 24.7 Å². The van der Waals surface area contributed by atoms with E-state index in [1.807, 2.05) is 25.1 Å². The van der Waals surface area contributed by atoms with E-state index in [1.54, 1.807) is 17.5 Å². The molecule has 1 aromatic carbocycles. The molecule has 0 saturated heterocycles. The summed E-state index contributed by atoms with van der Waals surface area (Å²) in [4.78, 5) is 38.5. The number of carbonyl (C=O) groups excluding carboxylic acids is 1. The number of aryl methyl sites for hydroxylation is 2. The van der Waals surface area contributed by atoms with Gasteiger partial charge in [0.1, 0.15) is 11.2 Å². The van der Waals surface area contributed by atoms with Crippen LogP contribution >= 0.6 is 11.3 Å². The Morgan fingerprint density at radius 1 is 1.23 bits per heavy atom. The number of carbonyl (C=O) groups is 1. The average Bonchev–Trinajstić information content (AvgIpc) is 3.27. The predicted molar refractivity (Wildman–Crippen MR) is 118 cm³/mol. The molecule has 0 radical (unpaired) electrons. The van der Waals surface area contributed by atoms with Crippen molar-refractivity contribution in [1.82, 2.24) is 18.7 Å². The summed E-state index contributed by atoms with van der Waals surface area (Å²) in [5.74, 6) is 0.300. The van der Waals surface area contributed by atoms with Crippen LogP contribution in [-0.2, 0) is 17.9 Å². The van der Waals surface area contributed by atoms with Crippen molar-refractivity contribution in [1.29, 1.82) is 0 Å². The second-order valence-corrected chi connectivity index (χ2v) is 8.68. The third kappa shape index (κ3) is 3.68. The number of aromatic nitrogens is 4. The maximum atomic E-state index is 13.1. The van der Waals surface area contributed by atoms with Crippen molar-refractivity contribution in [2.24, 2.45) is 5.92 Å². The molecule has 1 amide bonds. The monoisotopic (exact) mass is 425 g/mol. The molecule has 0 aliphatic carbocycles. The van der Waals surface area contributed by atoms with E-state index in [4.69, 9.17) is 0 Å². The first-order valence-electron chi connectivity index (χ1n) is 9.81. The lowest BCUT2D eigenvalue weighted by molar-refractivity contribution is -0.117. The van der Waals surface area contributed by atoms with E-state index in [0.717, 1.165) is 16.7 Å². The van der Waals surface area contributed by atoms with Crippen LogP contribution in [0.2, 0.25) is 0 Å². The van der Waals surface area contributed by atoms with Crippen LogP contribution < -0.4 is 16.6 Å². The van der Waals surface area contributed by atoms with E-state index in [-0.39, 0.29) is 23.8 Å². The molecule has 0 bridgehead atoms. The van der Waals surface area contributed by atoms with Crippen LogP contribution in [0.25, 0.3) is 16.0 Å². The van der Waals surface area contributed by atoms with E-state index >= 15 is 0 Å². The lowest BCUT2D eigenvalue weighted by atomic mass is 10.1. The highest BCUT2D eigenvalue weighted by molar-refractivity contribution is 7.17. The summed E-state index contributed by atoms with van der Waals surface area (Å²) in [5, 5.41) is 8.92. The van der Waals surface area contributed by atoms with Gasteiger partial charge in [0.25, 0.3) is 5.56 Å². The zero-order chi connectivity index (χ0) is 21.4. The zero-order valence-corrected chi connectivity index (χ0v) is 17.9. The second-order valence-electron chi connectivity index (χ2n) is 7.77. The first-order chi connectivity index (χ1) is 14.3. The van der Waals surface area contributed by atoms with E-state index in [1.165, 1.54) is 20.3 Å². The first-order valence-corrected chi connectivity index (χ1v) is 10.7. The van der Waals surface area contributed by atoms with Crippen LogP contribution in [0.1, 0.15) is 25.8 Å². The minimum absolute atomic E-state index is 0.158. The molecule has 0 unspecified atom stereocenters. The number of nitrogens with zero attached hydrogens (tertiary/aromatic N) is 4. The molecule has 0 saturated carbocycles. The Balaban J connectivity index is 1.75. The van der Waals surface area contributed by atoms with Gasteiger partial charge in [-0.25, -0.2) is 13.9 Å². The molecule has 0 aliphatic heterocycles. The average molecular weight is 426 g/mol. The molecule has 4 aromatic rings. The molecule has 156 valence electrons. The van der Waals surface area contributed by atoms with Crippen LogP contribution in [0.5, 0.6) is 0 Å². The Morgan fingerprint density at radius 2 is 2.03 bits per heavy atom. The quantitative estimate of drug-likeness (QED) is 0.514. The number of amides is 1. The van der Waals surface area contributed by atoms with Gasteiger partial charge in [-0.15, -0.1) is 16.4 Å². The molecular formula is C21H23N5O3S. The Morgan fingerprint density at radius 3 is 2.77 bits per heavy atom. The Kier molecular flexibility index (Phi) is 5.29. The molecule has 4 rings (SSSR count). The van der Waals surface area contributed by atoms with Gasteiger partial charge in [0.05, 0.1) is 5.52 Å². The standard InChI is InChI=1S/C21H23N5O3S/c1-13(2)7-9-24-19(28)18-16(8-10-30-18)26-20(24)23-25(21(26)29)12-17(27)22-15-6-4-5-14(3)11-15/h4-6,8,10-11,13H,7,9,12H2,1-3H3,(H,22,27). The number of thiophene rings is 1. The van der Waals surface area contributed by atoms with Gasteiger partial charge in [-0.1, -0.05) is 26.0 Å². The first kappa shape index (κ1) is 20.1. The van der Waals surface area contributed by atoms with E-state index < -0.39 is 5.69 Å². The Labute approximate surface area is 176 Å². The molecular weight excluding hydrogens is 402 g/mol. The lowest BCUT2D eigenvalue weighted by Crippen LogP contribution is -2.29. The van der Waals surface area contributed by atoms with Crippen LogP contribution in [0.4, 0.5) is 5.69 Å². The number of rotatable bonds is 6. The number of hydrogen-bond acceptors (Lipinski definition) is 5. The molecule has 3 aromatic heterocycles. The number of hydrogen-bond donors (Lipinski definition) is 1. The zero-order valence-electron chi connectivity index (χ0n) is 17.1. The summed E-state index contributed by atoms with van der Waals surface area (Å²) in [5.41, 5.74) is 1.61. The van der Waals surface area contributed by atoms with Crippen molar-refractivity contribution in [3.8, 4) is 0 Å². The molecule has 0 aliphatic rings. The van der Waals surface area contributed by atoms with Crippen molar-refractivity contribution in [3.63, 3.8) is 0 Å². The maximum absolute atomic E-state index is 13.1. The number of nitrogens with one attached hydrogen (secondary N) is 1. The fourth-order valence-corrected chi connectivity index (χ4v) is 4.21. The summed E-state index contributed by atoms with van der Waals surface area (Å²) in [6.45, 7) is 6.31. The predicted octanol–water partition coefficient (Wildman–Crippen LogP) is 2.87. The summed E-state index contributed by atoms with van der Waals surface area (Å²) < 4.78 is 4.59. The van der Waals surface area contributed by atoms with Gasteiger partial charge in [-0.3, -0.25) is 14.2 Å². The maximum Gasteiger partial charge on any atom is 0.352 e. The molecule has 0 spiro atoms. The summed E-state index contributed by atoms with van der Waals surface area (Å²) in [6, 6.07) is 9.16. The SMILES string of the molecule is Cc1cccc(NC(=O)Cn2nc3n(CCC(C)C)c(=O)c4sccc4n3c2=O)c1. The van der Waals surface area contributed by atoms with E-state index in [0.29, 0.717) is 28.4 Å². The van der Waals surface area contributed by atoms with Crippen molar-refractivity contribution in [2.45, 2.75) is 40.3 Å². The highest BCUT2D eigenvalue weighted by Gasteiger charge is 2.19. The number of benzene rings is 1. The van der Waals surface area contributed by atoms with Crippen molar-refractivity contribution in [2.75, 3.05) is 5.32 Å². The highest BCUT2D eigenvalue weighted by Crippen LogP contribution is 2.18. The third-order valence-corrected chi connectivity index (χ3v) is 5.81. The minimum atomic E-state index is -0.439. The molecule has 0 fully saturated rings. The second kappa shape index (κ2) is 7.91. The van der Waals surface area contributed by atoms with Crippen LogP contribution in [0.15, 0.2) is 45.3 Å². The molecule has 30 heavy (non-hydrogen) atoms. The van der Waals surface area contributed by atoms with Crippen molar-refractivity contribution >= 4 is 38.9 Å². The Hall–Kier alpha value is -3.20. The van der Waals surface area contributed by atoms with Crippen LogP contribution in [0.3, 0.4) is 0 Å². The topological polar surface area (TPSA) is 90.4 Å². The lowest BCUT2D eigenvalue weighted by Gasteiger charge is -2.09. The van der Waals surface area contributed by atoms with Gasteiger partial charge in [0, 0.05) is 12.2 Å². The molecule has 9 heteroatoms. The normalized spacial score (nSPS) is 11.6. The van der Waals surface area contributed by atoms with Crippen molar-refractivity contribution in [3.05, 3.63) is 62.1 Å². The summed E-state index contributed by atoms with van der Waals surface area (Å²) in [6.07, 6.45) is 0.779. The largest absolute Gasteiger partial charge is 0.352 e. The van der Waals surface area contributed by atoms with Crippen LogP contribution in [0, 0.1) is 12.8 Å². The molecule has 0 atom stereocenters. The third-order valence-electron chi connectivity index (χ3n) is 4.91. The Bertz CT molecular complexity index is 1360. The summed E-state index contributed by atoms with van der Waals surface area (Å²) in [7, 11) is 0. The fourth-order valence-electron chi connectivity index (χ4n) is 3.39. The van der Waals surface area contributed by atoms with Gasteiger partial charge in [0.2, 0.25) is 11.7 Å². The fraction of sp³-hybridized carbons (Fsp3) is 0.333. The van der Waals surface area contributed by atoms with E-state index in [9.17, 15) is 14.4 Å². The summed E-state index contributed by atoms with van der Waals surface area (Å²) >= 11 is 1.30. The van der Waals surface area contributed by atoms with Gasteiger partial charge in [-0.05, 0) is 48.4 Å².